The van der Waals surface area contributed by atoms with Crippen LogP contribution in [0.2, 0.25) is 0 Å². The SMILES string of the molecule is COc1cccc(CNC(=O)c2cnc3c(-c4ccccc4)c(C)nn3c2C)c1. The van der Waals surface area contributed by atoms with Crippen LogP contribution in [0.5, 0.6) is 5.75 Å². The van der Waals surface area contributed by atoms with Crippen molar-refractivity contribution in [2.75, 3.05) is 7.11 Å². The molecule has 0 saturated heterocycles. The molecule has 0 spiro atoms. The molecule has 1 N–H and O–H groups in total. The van der Waals surface area contributed by atoms with Gasteiger partial charge in [0.25, 0.3) is 5.91 Å². The van der Waals surface area contributed by atoms with Gasteiger partial charge in [-0.05, 0) is 37.1 Å². The maximum absolute atomic E-state index is 12.8. The van der Waals surface area contributed by atoms with E-state index in [1.54, 1.807) is 17.8 Å². The lowest BCUT2D eigenvalue weighted by atomic mass is 10.1. The molecule has 6 nitrogen and oxygen atoms in total. The summed E-state index contributed by atoms with van der Waals surface area (Å²) in [6.07, 6.45) is 1.62. The molecule has 2 heterocycles. The van der Waals surface area contributed by atoms with Crippen LogP contribution in [0, 0.1) is 13.8 Å². The van der Waals surface area contributed by atoms with Crippen LogP contribution in [-0.4, -0.2) is 27.6 Å². The number of hydrogen-bond acceptors (Lipinski definition) is 4. The van der Waals surface area contributed by atoms with Gasteiger partial charge < -0.3 is 10.1 Å². The molecule has 0 unspecified atom stereocenters. The van der Waals surface area contributed by atoms with Crippen molar-refractivity contribution < 1.29 is 9.53 Å². The Labute approximate surface area is 169 Å². The maximum atomic E-state index is 12.8. The summed E-state index contributed by atoms with van der Waals surface area (Å²) in [7, 11) is 1.62. The van der Waals surface area contributed by atoms with Crippen molar-refractivity contribution in [3.8, 4) is 16.9 Å². The van der Waals surface area contributed by atoms with E-state index >= 15 is 0 Å². The monoisotopic (exact) mass is 386 g/mol. The first-order valence-corrected chi connectivity index (χ1v) is 9.40. The Morgan fingerprint density at radius 3 is 2.66 bits per heavy atom. The number of nitrogens with zero attached hydrogens (tertiary/aromatic N) is 3. The highest BCUT2D eigenvalue weighted by molar-refractivity contribution is 5.95. The number of nitrogens with one attached hydrogen (secondary N) is 1. The smallest absolute Gasteiger partial charge is 0.254 e. The normalized spacial score (nSPS) is 10.9. The van der Waals surface area contributed by atoms with E-state index in [-0.39, 0.29) is 5.91 Å². The third kappa shape index (κ3) is 3.57. The molecule has 0 atom stereocenters. The van der Waals surface area contributed by atoms with Crippen LogP contribution >= 0.6 is 0 Å². The molecule has 0 bridgehead atoms. The van der Waals surface area contributed by atoms with Gasteiger partial charge in [0.15, 0.2) is 5.65 Å². The largest absolute Gasteiger partial charge is 0.497 e. The molecule has 6 heteroatoms. The minimum atomic E-state index is -0.186. The first-order valence-electron chi connectivity index (χ1n) is 9.40. The predicted molar refractivity (Wildman–Crippen MR) is 112 cm³/mol. The minimum Gasteiger partial charge on any atom is -0.497 e. The Balaban J connectivity index is 1.63. The van der Waals surface area contributed by atoms with Gasteiger partial charge in [-0.25, -0.2) is 9.50 Å². The zero-order valence-electron chi connectivity index (χ0n) is 16.6. The van der Waals surface area contributed by atoms with Gasteiger partial charge in [-0.1, -0.05) is 42.5 Å². The summed E-state index contributed by atoms with van der Waals surface area (Å²) in [4.78, 5) is 17.3. The van der Waals surface area contributed by atoms with Crippen LogP contribution in [-0.2, 0) is 6.54 Å². The van der Waals surface area contributed by atoms with Gasteiger partial charge in [0.1, 0.15) is 5.75 Å². The second-order valence-electron chi connectivity index (χ2n) is 6.85. The fourth-order valence-corrected chi connectivity index (χ4v) is 3.43. The zero-order valence-corrected chi connectivity index (χ0v) is 16.6. The van der Waals surface area contributed by atoms with E-state index in [1.807, 2.05) is 68.4 Å². The quantitative estimate of drug-likeness (QED) is 0.564. The molecule has 4 aromatic rings. The molecular formula is C23H22N4O2. The van der Waals surface area contributed by atoms with Gasteiger partial charge in [0.2, 0.25) is 0 Å². The summed E-state index contributed by atoms with van der Waals surface area (Å²) in [6, 6.07) is 17.7. The topological polar surface area (TPSA) is 68.5 Å². The number of hydrogen-bond donors (Lipinski definition) is 1. The number of methoxy groups -OCH3 is 1. The number of carbonyl (C=O) groups excluding carboxylic acids is 1. The third-order valence-corrected chi connectivity index (χ3v) is 4.95. The van der Waals surface area contributed by atoms with Crippen LogP contribution in [0.15, 0.2) is 60.8 Å². The zero-order chi connectivity index (χ0) is 20.4. The van der Waals surface area contributed by atoms with E-state index in [0.29, 0.717) is 12.1 Å². The van der Waals surface area contributed by atoms with Crippen molar-refractivity contribution in [2.45, 2.75) is 20.4 Å². The summed E-state index contributed by atoms with van der Waals surface area (Å²) in [6.45, 7) is 4.25. The molecule has 0 radical (unpaired) electrons. The fraction of sp³-hybridized carbons (Fsp3) is 0.174. The fourth-order valence-electron chi connectivity index (χ4n) is 3.43. The number of aromatic nitrogens is 3. The number of aryl methyl sites for hydroxylation is 2. The number of rotatable bonds is 5. The Hall–Kier alpha value is -3.67. The number of carbonyl (C=O) groups is 1. The van der Waals surface area contributed by atoms with Gasteiger partial charge in [0, 0.05) is 18.3 Å². The lowest BCUT2D eigenvalue weighted by molar-refractivity contribution is 0.0949. The first-order chi connectivity index (χ1) is 14.1. The van der Waals surface area contributed by atoms with Crippen molar-refractivity contribution in [1.82, 2.24) is 19.9 Å². The summed E-state index contributed by atoms with van der Waals surface area (Å²) in [5.74, 6) is 0.575. The van der Waals surface area contributed by atoms with Crippen molar-refractivity contribution in [3.05, 3.63) is 83.3 Å². The minimum absolute atomic E-state index is 0.186. The van der Waals surface area contributed by atoms with E-state index in [0.717, 1.165) is 39.5 Å². The van der Waals surface area contributed by atoms with Crippen molar-refractivity contribution in [3.63, 3.8) is 0 Å². The molecular weight excluding hydrogens is 364 g/mol. The average Bonchev–Trinajstić information content (AvgIpc) is 3.10. The molecule has 146 valence electrons. The lowest BCUT2D eigenvalue weighted by Gasteiger charge is -2.10. The van der Waals surface area contributed by atoms with Gasteiger partial charge in [0.05, 0.1) is 24.1 Å². The van der Waals surface area contributed by atoms with E-state index in [2.05, 4.69) is 15.4 Å². The number of ether oxygens (including phenoxy) is 1. The highest BCUT2D eigenvalue weighted by Crippen LogP contribution is 2.28. The molecule has 0 aliphatic carbocycles. The van der Waals surface area contributed by atoms with Crippen LogP contribution in [0.25, 0.3) is 16.8 Å². The van der Waals surface area contributed by atoms with Gasteiger partial charge >= 0.3 is 0 Å². The van der Waals surface area contributed by atoms with E-state index < -0.39 is 0 Å². The van der Waals surface area contributed by atoms with Gasteiger partial charge in [-0.3, -0.25) is 4.79 Å². The predicted octanol–water partition coefficient (Wildman–Crippen LogP) is 3.95. The van der Waals surface area contributed by atoms with Crippen molar-refractivity contribution in [1.29, 1.82) is 0 Å². The van der Waals surface area contributed by atoms with Crippen molar-refractivity contribution >= 4 is 11.6 Å². The molecule has 1 amide bonds. The van der Waals surface area contributed by atoms with Gasteiger partial charge in [-0.2, -0.15) is 5.10 Å². The molecule has 0 saturated carbocycles. The molecule has 0 aliphatic rings. The highest BCUT2D eigenvalue weighted by Gasteiger charge is 2.18. The van der Waals surface area contributed by atoms with Crippen LogP contribution < -0.4 is 10.1 Å². The first kappa shape index (κ1) is 18.7. The standard InChI is InChI=1S/C23H22N4O2/c1-15-21(18-9-5-4-6-10-18)22-24-14-20(16(2)27(22)26-15)23(28)25-13-17-8-7-11-19(12-17)29-3/h4-12,14H,13H2,1-3H3,(H,25,28). The Morgan fingerprint density at radius 1 is 1.10 bits per heavy atom. The lowest BCUT2D eigenvalue weighted by Crippen LogP contribution is -2.24. The van der Waals surface area contributed by atoms with Crippen molar-refractivity contribution in [2.24, 2.45) is 0 Å². The van der Waals surface area contributed by atoms with Gasteiger partial charge in [-0.15, -0.1) is 0 Å². The number of benzene rings is 2. The summed E-state index contributed by atoms with van der Waals surface area (Å²) >= 11 is 0. The third-order valence-electron chi connectivity index (χ3n) is 4.95. The molecule has 0 aliphatic heterocycles. The Kier molecular flexibility index (Phi) is 4.99. The number of amides is 1. The summed E-state index contributed by atoms with van der Waals surface area (Å²) < 4.78 is 6.98. The molecule has 2 aromatic heterocycles. The van der Waals surface area contributed by atoms with E-state index in [4.69, 9.17) is 4.74 Å². The molecule has 29 heavy (non-hydrogen) atoms. The Bertz CT molecular complexity index is 1180. The van der Waals surface area contributed by atoms with E-state index in [1.165, 1.54) is 0 Å². The molecule has 2 aromatic carbocycles. The summed E-state index contributed by atoms with van der Waals surface area (Å²) in [5, 5.41) is 7.58. The highest BCUT2D eigenvalue weighted by atomic mass is 16.5. The molecule has 4 rings (SSSR count). The van der Waals surface area contributed by atoms with Crippen LogP contribution in [0.4, 0.5) is 0 Å². The van der Waals surface area contributed by atoms with E-state index in [9.17, 15) is 4.79 Å². The summed E-state index contributed by atoms with van der Waals surface area (Å²) in [5.41, 5.74) is 5.88. The average molecular weight is 386 g/mol. The maximum Gasteiger partial charge on any atom is 0.254 e. The van der Waals surface area contributed by atoms with Crippen LogP contribution in [0.3, 0.4) is 0 Å². The number of fused-ring (bicyclic) bond motifs is 1. The molecule has 0 fully saturated rings. The second kappa shape index (κ2) is 7.75. The second-order valence-corrected chi connectivity index (χ2v) is 6.85. The van der Waals surface area contributed by atoms with Crippen LogP contribution in [0.1, 0.15) is 27.3 Å². The Morgan fingerprint density at radius 2 is 1.90 bits per heavy atom.